The Hall–Kier alpha value is -1.13. The van der Waals surface area contributed by atoms with E-state index in [1.807, 2.05) is 0 Å². The summed E-state index contributed by atoms with van der Waals surface area (Å²) in [6.45, 7) is 7.11. The standard InChI is InChI=1S/C16H24FNO2/c1-11(12-5-6-14(17)15(9-12)19-4)18-13-7-8-20-16(2,3)10-13/h5-6,9,11,13,18H,7-8,10H2,1-4H3. The lowest BCUT2D eigenvalue weighted by Crippen LogP contribution is -2.44. The van der Waals surface area contributed by atoms with Gasteiger partial charge in [0.05, 0.1) is 12.7 Å². The van der Waals surface area contributed by atoms with Gasteiger partial charge in [0.25, 0.3) is 0 Å². The molecule has 1 aliphatic heterocycles. The Morgan fingerprint density at radius 3 is 2.85 bits per heavy atom. The fraction of sp³-hybridized carbons (Fsp3) is 0.625. The third kappa shape index (κ3) is 3.70. The number of benzene rings is 1. The van der Waals surface area contributed by atoms with Gasteiger partial charge >= 0.3 is 0 Å². The lowest BCUT2D eigenvalue weighted by atomic mass is 9.93. The van der Waals surface area contributed by atoms with Crippen molar-refractivity contribution in [3.05, 3.63) is 29.6 Å². The third-order valence-corrected chi connectivity index (χ3v) is 3.86. The molecule has 0 aliphatic carbocycles. The number of rotatable bonds is 4. The highest BCUT2D eigenvalue weighted by atomic mass is 19.1. The fourth-order valence-corrected chi connectivity index (χ4v) is 2.77. The molecular weight excluding hydrogens is 257 g/mol. The van der Waals surface area contributed by atoms with Gasteiger partial charge in [0.2, 0.25) is 0 Å². The lowest BCUT2D eigenvalue weighted by molar-refractivity contribution is -0.0640. The van der Waals surface area contributed by atoms with Crippen LogP contribution in [-0.2, 0) is 4.74 Å². The first kappa shape index (κ1) is 15.3. The van der Waals surface area contributed by atoms with Crippen LogP contribution in [0, 0.1) is 5.82 Å². The first-order chi connectivity index (χ1) is 9.41. The first-order valence-corrected chi connectivity index (χ1v) is 7.15. The van der Waals surface area contributed by atoms with E-state index in [0.717, 1.165) is 25.0 Å². The van der Waals surface area contributed by atoms with Gasteiger partial charge in [-0.3, -0.25) is 0 Å². The van der Waals surface area contributed by atoms with Crippen LogP contribution in [0.2, 0.25) is 0 Å². The molecule has 1 aliphatic rings. The molecule has 1 fully saturated rings. The Morgan fingerprint density at radius 2 is 2.20 bits per heavy atom. The zero-order valence-electron chi connectivity index (χ0n) is 12.7. The van der Waals surface area contributed by atoms with Crippen LogP contribution in [0.5, 0.6) is 5.75 Å². The van der Waals surface area contributed by atoms with E-state index in [1.165, 1.54) is 13.2 Å². The largest absolute Gasteiger partial charge is 0.494 e. The second-order valence-electron chi connectivity index (χ2n) is 6.08. The minimum Gasteiger partial charge on any atom is -0.494 e. The van der Waals surface area contributed by atoms with Crippen LogP contribution < -0.4 is 10.1 Å². The highest BCUT2D eigenvalue weighted by molar-refractivity contribution is 5.32. The SMILES string of the molecule is COc1cc(C(C)NC2CCOC(C)(C)C2)ccc1F. The molecule has 3 nitrogen and oxygen atoms in total. The Balaban J connectivity index is 2.02. The molecule has 112 valence electrons. The number of nitrogens with one attached hydrogen (secondary N) is 1. The molecule has 0 aromatic heterocycles. The predicted octanol–water partition coefficient (Wildman–Crippen LogP) is 3.44. The first-order valence-electron chi connectivity index (χ1n) is 7.15. The molecule has 1 aromatic rings. The van der Waals surface area contributed by atoms with Crippen LogP contribution in [0.4, 0.5) is 4.39 Å². The van der Waals surface area contributed by atoms with E-state index >= 15 is 0 Å². The maximum Gasteiger partial charge on any atom is 0.165 e. The molecule has 0 bridgehead atoms. The summed E-state index contributed by atoms with van der Waals surface area (Å²) >= 11 is 0. The molecule has 4 heteroatoms. The van der Waals surface area contributed by atoms with Gasteiger partial charge in [-0.25, -0.2) is 4.39 Å². The molecule has 0 radical (unpaired) electrons. The number of hydrogen-bond donors (Lipinski definition) is 1. The quantitative estimate of drug-likeness (QED) is 0.917. The lowest BCUT2D eigenvalue weighted by Gasteiger charge is -2.37. The summed E-state index contributed by atoms with van der Waals surface area (Å²) in [7, 11) is 1.49. The smallest absolute Gasteiger partial charge is 0.165 e. The summed E-state index contributed by atoms with van der Waals surface area (Å²) in [6, 6.07) is 5.60. The van der Waals surface area contributed by atoms with Crippen molar-refractivity contribution in [1.82, 2.24) is 5.32 Å². The van der Waals surface area contributed by atoms with E-state index in [2.05, 4.69) is 26.1 Å². The van der Waals surface area contributed by atoms with Gasteiger partial charge in [0.15, 0.2) is 11.6 Å². The highest BCUT2D eigenvalue weighted by Gasteiger charge is 2.29. The van der Waals surface area contributed by atoms with E-state index in [0.29, 0.717) is 11.8 Å². The molecule has 0 spiro atoms. The Kier molecular flexibility index (Phi) is 4.66. The average molecular weight is 281 g/mol. The maximum atomic E-state index is 13.4. The van der Waals surface area contributed by atoms with E-state index < -0.39 is 0 Å². The van der Waals surface area contributed by atoms with Crippen molar-refractivity contribution in [2.45, 2.75) is 51.3 Å². The van der Waals surface area contributed by atoms with Gasteiger partial charge in [-0.15, -0.1) is 0 Å². The van der Waals surface area contributed by atoms with Gasteiger partial charge in [-0.2, -0.15) is 0 Å². The Labute approximate surface area is 120 Å². The van der Waals surface area contributed by atoms with E-state index in [1.54, 1.807) is 12.1 Å². The molecule has 1 heterocycles. The van der Waals surface area contributed by atoms with Gasteiger partial charge < -0.3 is 14.8 Å². The van der Waals surface area contributed by atoms with Gasteiger partial charge in [-0.05, 0) is 51.3 Å². The number of halogens is 1. The van der Waals surface area contributed by atoms with Gasteiger partial charge in [-0.1, -0.05) is 6.07 Å². The fourth-order valence-electron chi connectivity index (χ4n) is 2.77. The molecule has 0 saturated carbocycles. The van der Waals surface area contributed by atoms with Crippen molar-refractivity contribution >= 4 is 0 Å². The van der Waals surface area contributed by atoms with Crippen molar-refractivity contribution in [2.75, 3.05) is 13.7 Å². The van der Waals surface area contributed by atoms with Crippen molar-refractivity contribution in [2.24, 2.45) is 0 Å². The zero-order chi connectivity index (χ0) is 14.8. The molecule has 1 saturated heterocycles. The molecule has 2 unspecified atom stereocenters. The maximum absolute atomic E-state index is 13.4. The van der Waals surface area contributed by atoms with Crippen LogP contribution in [0.15, 0.2) is 18.2 Å². The molecule has 20 heavy (non-hydrogen) atoms. The van der Waals surface area contributed by atoms with Crippen molar-refractivity contribution < 1.29 is 13.9 Å². The third-order valence-electron chi connectivity index (χ3n) is 3.86. The highest BCUT2D eigenvalue weighted by Crippen LogP contribution is 2.27. The van der Waals surface area contributed by atoms with Crippen LogP contribution in [0.25, 0.3) is 0 Å². The minimum absolute atomic E-state index is 0.0733. The van der Waals surface area contributed by atoms with Crippen LogP contribution in [0.3, 0.4) is 0 Å². The summed E-state index contributed by atoms with van der Waals surface area (Å²) in [5.74, 6) is -0.0286. The Morgan fingerprint density at radius 1 is 1.45 bits per heavy atom. The van der Waals surface area contributed by atoms with Crippen LogP contribution in [0.1, 0.15) is 45.2 Å². The summed E-state index contributed by atoms with van der Waals surface area (Å²) in [5, 5.41) is 3.60. The molecule has 1 N–H and O–H groups in total. The summed E-state index contributed by atoms with van der Waals surface area (Å²) in [6.07, 6.45) is 1.99. The van der Waals surface area contributed by atoms with Crippen molar-refractivity contribution in [3.8, 4) is 5.75 Å². The van der Waals surface area contributed by atoms with Crippen LogP contribution in [-0.4, -0.2) is 25.4 Å². The summed E-state index contributed by atoms with van der Waals surface area (Å²) in [5.41, 5.74) is 0.961. The molecule has 1 aromatic carbocycles. The number of methoxy groups -OCH3 is 1. The second-order valence-corrected chi connectivity index (χ2v) is 6.08. The molecule has 2 rings (SSSR count). The normalized spacial score (nSPS) is 23.4. The summed E-state index contributed by atoms with van der Waals surface area (Å²) < 4.78 is 24.2. The Bertz CT molecular complexity index is 462. The van der Waals surface area contributed by atoms with Gasteiger partial charge in [0.1, 0.15) is 0 Å². The topological polar surface area (TPSA) is 30.5 Å². The molecule has 2 atom stereocenters. The van der Waals surface area contributed by atoms with Crippen molar-refractivity contribution in [3.63, 3.8) is 0 Å². The zero-order valence-corrected chi connectivity index (χ0v) is 12.7. The number of hydrogen-bond acceptors (Lipinski definition) is 3. The van der Waals surface area contributed by atoms with E-state index in [4.69, 9.17) is 9.47 Å². The monoisotopic (exact) mass is 281 g/mol. The number of ether oxygens (including phenoxy) is 2. The van der Waals surface area contributed by atoms with Crippen molar-refractivity contribution in [1.29, 1.82) is 0 Å². The molecular formula is C16H24FNO2. The summed E-state index contributed by atoms with van der Waals surface area (Å²) in [4.78, 5) is 0. The van der Waals surface area contributed by atoms with Gasteiger partial charge in [0, 0.05) is 18.7 Å². The second kappa shape index (κ2) is 6.10. The average Bonchev–Trinajstić information content (AvgIpc) is 2.38. The predicted molar refractivity (Wildman–Crippen MR) is 77.6 cm³/mol. The van der Waals surface area contributed by atoms with Crippen LogP contribution >= 0.6 is 0 Å². The van der Waals surface area contributed by atoms with E-state index in [-0.39, 0.29) is 17.5 Å². The van der Waals surface area contributed by atoms with E-state index in [9.17, 15) is 4.39 Å². The molecule has 0 amide bonds. The minimum atomic E-state index is -0.323.